The standard InChI is InChI=1S/C12H13N3O/c1-15(11-5-3-2-4-6-11)12-8-13-7-10(9-16)14-12/h2-8,16H,9H2,1H3. The minimum Gasteiger partial charge on any atom is -0.390 e. The Kier molecular flexibility index (Phi) is 3.12. The van der Waals surface area contributed by atoms with Crippen molar-refractivity contribution < 1.29 is 5.11 Å². The van der Waals surface area contributed by atoms with Gasteiger partial charge in [-0.2, -0.15) is 0 Å². The first-order chi connectivity index (χ1) is 7.81. The molecule has 0 aliphatic heterocycles. The van der Waals surface area contributed by atoms with E-state index >= 15 is 0 Å². The van der Waals surface area contributed by atoms with Gasteiger partial charge in [-0.25, -0.2) is 4.98 Å². The summed E-state index contributed by atoms with van der Waals surface area (Å²) in [5, 5.41) is 8.99. The molecular weight excluding hydrogens is 202 g/mol. The normalized spacial score (nSPS) is 10.1. The molecule has 0 unspecified atom stereocenters. The highest BCUT2D eigenvalue weighted by Gasteiger charge is 2.05. The molecule has 2 aromatic rings. The molecule has 1 aromatic heterocycles. The lowest BCUT2D eigenvalue weighted by Crippen LogP contribution is -2.12. The number of benzene rings is 1. The average molecular weight is 215 g/mol. The summed E-state index contributed by atoms with van der Waals surface area (Å²) < 4.78 is 0. The van der Waals surface area contributed by atoms with Gasteiger partial charge in [0.25, 0.3) is 0 Å². The number of para-hydroxylation sites is 1. The van der Waals surface area contributed by atoms with Crippen LogP contribution in [0.3, 0.4) is 0 Å². The fourth-order valence-electron chi connectivity index (χ4n) is 1.42. The second-order valence-corrected chi connectivity index (χ2v) is 3.42. The number of aliphatic hydroxyl groups is 1. The van der Waals surface area contributed by atoms with Crippen LogP contribution >= 0.6 is 0 Å². The van der Waals surface area contributed by atoms with Crippen molar-refractivity contribution in [1.29, 1.82) is 0 Å². The summed E-state index contributed by atoms with van der Waals surface area (Å²) in [6, 6.07) is 9.89. The van der Waals surface area contributed by atoms with Crippen LogP contribution in [0.1, 0.15) is 5.69 Å². The third kappa shape index (κ3) is 2.17. The van der Waals surface area contributed by atoms with Crippen LogP contribution in [0.5, 0.6) is 0 Å². The summed E-state index contributed by atoms with van der Waals surface area (Å²) in [7, 11) is 1.92. The van der Waals surface area contributed by atoms with Gasteiger partial charge >= 0.3 is 0 Å². The van der Waals surface area contributed by atoms with Crippen molar-refractivity contribution in [2.75, 3.05) is 11.9 Å². The number of aliphatic hydroxyl groups excluding tert-OH is 1. The molecule has 0 fully saturated rings. The molecule has 1 aromatic carbocycles. The van der Waals surface area contributed by atoms with E-state index in [1.165, 1.54) is 0 Å². The summed E-state index contributed by atoms with van der Waals surface area (Å²) in [6.45, 7) is -0.0938. The van der Waals surface area contributed by atoms with Crippen LogP contribution in [0, 0.1) is 0 Å². The maximum atomic E-state index is 8.99. The number of hydrogen-bond donors (Lipinski definition) is 1. The first-order valence-corrected chi connectivity index (χ1v) is 5.02. The van der Waals surface area contributed by atoms with Gasteiger partial charge in [-0.05, 0) is 12.1 Å². The van der Waals surface area contributed by atoms with Crippen molar-refractivity contribution in [1.82, 2.24) is 9.97 Å². The van der Waals surface area contributed by atoms with Gasteiger partial charge in [-0.1, -0.05) is 18.2 Å². The summed E-state index contributed by atoms with van der Waals surface area (Å²) >= 11 is 0. The van der Waals surface area contributed by atoms with E-state index in [2.05, 4.69) is 9.97 Å². The molecule has 4 nitrogen and oxygen atoms in total. The third-order valence-corrected chi connectivity index (χ3v) is 2.32. The predicted octanol–water partition coefficient (Wildman–Crippen LogP) is 1.74. The predicted molar refractivity (Wildman–Crippen MR) is 62.5 cm³/mol. The molecule has 16 heavy (non-hydrogen) atoms. The lowest BCUT2D eigenvalue weighted by Gasteiger charge is -2.17. The van der Waals surface area contributed by atoms with Gasteiger partial charge in [0, 0.05) is 12.7 Å². The third-order valence-electron chi connectivity index (χ3n) is 2.32. The smallest absolute Gasteiger partial charge is 0.151 e. The topological polar surface area (TPSA) is 49.2 Å². The second-order valence-electron chi connectivity index (χ2n) is 3.42. The number of aromatic nitrogens is 2. The Labute approximate surface area is 94.2 Å². The van der Waals surface area contributed by atoms with E-state index in [0.717, 1.165) is 11.5 Å². The zero-order valence-corrected chi connectivity index (χ0v) is 9.04. The molecule has 0 bridgehead atoms. The Balaban J connectivity index is 2.30. The van der Waals surface area contributed by atoms with Crippen LogP contribution in [0.2, 0.25) is 0 Å². The first-order valence-electron chi connectivity index (χ1n) is 5.02. The van der Waals surface area contributed by atoms with Gasteiger partial charge in [0.1, 0.15) is 0 Å². The summed E-state index contributed by atoms with van der Waals surface area (Å²) in [5.41, 5.74) is 1.60. The van der Waals surface area contributed by atoms with E-state index in [-0.39, 0.29) is 6.61 Å². The Morgan fingerprint density at radius 2 is 1.94 bits per heavy atom. The fourth-order valence-corrected chi connectivity index (χ4v) is 1.42. The maximum Gasteiger partial charge on any atom is 0.151 e. The van der Waals surface area contributed by atoms with Crippen LogP contribution in [0.4, 0.5) is 11.5 Å². The Morgan fingerprint density at radius 3 is 2.62 bits per heavy atom. The van der Waals surface area contributed by atoms with Crippen LogP contribution in [-0.4, -0.2) is 22.1 Å². The summed E-state index contributed by atoms with van der Waals surface area (Å²) in [5.74, 6) is 0.720. The molecule has 4 heteroatoms. The molecule has 0 saturated carbocycles. The number of rotatable bonds is 3. The highest BCUT2D eigenvalue weighted by Crippen LogP contribution is 2.20. The molecule has 1 heterocycles. The molecule has 0 aliphatic rings. The number of anilines is 2. The second kappa shape index (κ2) is 4.72. The minimum atomic E-state index is -0.0938. The van der Waals surface area contributed by atoms with Gasteiger partial charge < -0.3 is 10.0 Å². The molecule has 0 radical (unpaired) electrons. The molecule has 82 valence electrons. The van der Waals surface area contributed by atoms with E-state index in [1.54, 1.807) is 12.4 Å². The number of hydrogen-bond acceptors (Lipinski definition) is 4. The van der Waals surface area contributed by atoms with Gasteiger partial charge in [0.05, 0.1) is 24.7 Å². The van der Waals surface area contributed by atoms with Crippen molar-refractivity contribution >= 4 is 11.5 Å². The summed E-state index contributed by atoms with van der Waals surface area (Å²) in [4.78, 5) is 10.2. The molecule has 0 aliphatic carbocycles. The SMILES string of the molecule is CN(c1ccccc1)c1cncc(CO)n1. The molecule has 0 amide bonds. The largest absolute Gasteiger partial charge is 0.390 e. The lowest BCUT2D eigenvalue weighted by molar-refractivity contribution is 0.276. The quantitative estimate of drug-likeness (QED) is 0.847. The molecule has 0 saturated heterocycles. The average Bonchev–Trinajstić information content (AvgIpc) is 2.39. The molecular formula is C12H13N3O. The zero-order chi connectivity index (χ0) is 11.4. The fraction of sp³-hybridized carbons (Fsp3) is 0.167. The van der Waals surface area contributed by atoms with E-state index < -0.39 is 0 Å². The van der Waals surface area contributed by atoms with E-state index in [9.17, 15) is 0 Å². The van der Waals surface area contributed by atoms with Gasteiger partial charge in [-0.3, -0.25) is 4.98 Å². The zero-order valence-electron chi connectivity index (χ0n) is 9.04. The molecule has 2 rings (SSSR count). The van der Waals surface area contributed by atoms with E-state index in [0.29, 0.717) is 5.69 Å². The van der Waals surface area contributed by atoms with Crippen molar-refractivity contribution in [3.8, 4) is 0 Å². The van der Waals surface area contributed by atoms with Crippen LogP contribution < -0.4 is 4.90 Å². The monoisotopic (exact) mass is 215 g/mol. The van der Waals surface area contributed by atoms with Crippen LogP contribution in [0.25, 0.3) is 0 Å². The van der Waals surface area contributed by atoms with Crippen molar-refractivity contribution in [3.63, 3.8) is 0 Å². The Bertz CT molecular complexity index is 459. The van der Waals surface area contributed by atoms with Crippen molar-refractivity contribution in [3.05, 3.63) is 48.4 Å². The molecule has 1 N–H and O–H groups in total. The van der Waals surface area contributed by atoms with E-state index in [4.69, 9.17) is 5.11 Å². The van der Waals surface area contributed by atoms with Crippen LogP contribution in [-0.2, 0) is 6.61 Å². The highest BCUT2D eigenvalue weighted by atomic mass is 16.3. The minimum absolute atomic E-state index is 0.0938. The lowest BCUT2D eigenvalue weighted by atomic mass is 10.3. The van der Waals surface area contributed by atoms with Gasteiger partial charge in [0.15, 0.2) is 5.82 Å². The Hall–Kier alpha value is -1.94. The molecule has 0 atom stereocenters. The summed E-state index contributed by atoms with van der Waals surface area (Å²) in [6.07, 6.45) is 3.23. The number of nitrogens with zero attached hydrogens (tertiary/aromatic N) is 3. The Morgan fingerprint density at radius 1 is 1.19 bits per heavy atom. The van der Waals surface area contributed by atoms with E-state index in [1.807, 2.05) is 42.3 Å². The van der Waals surface area contributed by atoms with Gasteiger partial charge in [-0.15, -0.1) is 0 Å². The van der Waals surface area contributed by atoms with Crippen molar-refractivity contribution in [2.24, 2.45) is 0 Å². The maximum absolute atomic E-state index is 8.99. The van der Waals surface area contributed by atoms with Crippen molar-refractivity contribution in [2.45, 2.75) is 6.61 Å². The first kappa shape index (κ1) is 10.6. The highest BCUT2D eigenvalue weighted by molar-refractivity contribution is 5.57. The van der Waals surface area contributed by atoms with Crippen LogP contribution in [0.15, 0.2) is 42.7 Å². The molecule has 0 spiro atoms. The van der Waals surface area contributed by atoms with Gasteiger partial charge in [0.2, 0.25) is 0 Å².